The van der Waals surface area contributed by atoms with Crippen LogP contribution < -0.4 is 5.32 Å². The summed E-state index contributed by atoms with van der Waals surface area (Å²) in [5, 5.41) is 2.51. The monoisotopic (exact) mass is 331 g/mol. The molecule has 0 saturated carbocycles. The Kier molecular flexibility index (Phi) is 5.95. The van der Waals surface area contributed by atoms with Gasteiger partial charge in [-0.15, -0.1) is 0 Å². The van der Waals surface area contributed by atoms with Crippen LogP contribution in [-0.4, -0.2) is 25.0 Å². The molecule has 0 spiro atoms. The van der Waals surface area contributed by atoms with E-state index in [0.29, 0.717) is 12.0 Å². The van der Waals surface area contributed by atoms with Crippen LogP contribution in [0.2, 0.25) is 0 Å². The minimum Gasteiger partial charge on any atom is -0.467 e. The predicted molar refractivity (Wildman–Crippen MR) is 72.0 cm³/mol. The van der Waals surface area contributed by atoms with Gasteiger partial charge in [-0.25, -0.2) is 9.18 Å². The molecule has 0 bridgehead atoms. The van der Waals surface area contributed by atoms with Gasteiger partial charge >= 0.3 is 5.97 Å². The fourth-order valence-electron chi connectivity index (χ4n) is 1.53. The van der Waals surface area contributed by atoms with Crippen molar-refractivity contribution < 1.29 is 18.7 Å². The Bertz CT molecular complexity index is 479. The Morgan fingerprint density at radius 1 is 1.47 bits per heavy atom. The van der Waals surface area contributed by atoms with Gasteiger partial charge in [0, 0.05) is 10.9 Å². The number of hydrogen-bond donors (Lipinski definition) is 1. The fraction of sp³-hybridized carbons (Fsp3) is 0.385. The molecule has 1 amide bonds. The van der Waals surface area contributed by atoms with Gasteiger partial charge in [0.05, 0.1) is 7.11 Å². The van der Waals surface area contributed by atoms with Crippen LogP contribution in [0.3, 0.4) is 0 Å². The number of ether oxygens (including phenoxy) is 1. The molecule has 0 aliphatic rings. The molecule has 0 aromatic heterocycles. The van der Waals surface area contributed by atoms with Crippen LogP contribution in [0.5, 0.6) is 0 Å². The second-order valence-electron chi connectivity index (χ2n) is 4.05. The van der Waals surface area contributed by atoms with Gasteiger partial charge in [0.15, 0.2) is 0 Å². The first-order chi connectivity index (χ1) is 8.93. The molecule has 1 atom stereocenters. The molecular formula is C13H15BrFNO3. The first-order valence-corrected chi connectivity index (χ1v) is 6.54. The van der Waals surface area contributed by atoms with E-state index >= 15 is 0 Å². The van der Waals surface area contributed by atoms with Gasteiger partial charge in [-0.2, -0.15) is 0 Å². The van der Waals surface area contributed by atoms with Gasteiger partial charge in [0.25, 0.3) is 0 Å². The Balaban J connectivity index is 2.50. The molecule has 104 valence electrons. The molecule has 0 saturated heterocycles. The normalized spacial score (nSPS) is 11.8. The van der Waals surface area contributed by atoms with Crippen molar-refractivity contribution >= 4 is 27.8 Å². The molecule has 1 aromatic carbocycles. The van der Waals surface area contributed by atoms with Crippen LogP contribution in [0.25, 0.3) is 0 Å². The van der Waals surface area contributed by atoms with Crippen molar-refractivity contribution in [2.45, 2.75) is 25.8 Å². The summed E-state index contributed by atoms with van der Waals surface area (Å²) < 4.78 is 18.3. The quantitative estimate of drug-likeness (QED) is 0.841. The number of hydrogen-bond acceptors (Lipinski definition) is 3. The van der Waals surface area contributed by atoms with Crippen molar-refractivity contribution in [3.05, 3.63) is 34.1 Å². The number of rotatable bonds is 5. The molecule has 0 fully saturated rings. The number of halogens is 2. The van der Waals surface area contributed by atoms with E-state index in [0.717, 1.165) is 4.47 Å². The molecule has 1 rings (SSSR count). The lowest BCUT2D eigenvalue weighted by atomic mass is 10.1. The zero-order valence-corrected chi connectivity index (χ0v) is 12.3. The number of methoxy groups -OCH3 is 1. The standard InChI is InChI=1S/C13H15BrFNO3/c1-8(13(18)19-2)16-12(17)6-3-9-7-10(15)4-5-11(9)14/h4-5,7-8H,3,6H2,1-2H3,(H,16,17)/t8-/m0/s1. The van der Waals surface area contributed by atoms with Gasteiger partial charge in [-0.3, -0.25) is 4.79 Å². The molecule has 19 heavy (non-hydrogen) atoms. The Hall–Kier alpha value is -1.43. The Labute approximate surface area is 119 Å². The van der Waals surface area contributed by atoms with E-state index in [1.165, 1.54) is 19.2 Å². The SMILES string of the molecule is COC(=O)[C@H](C)NC(=O)CCc1cc(F)ccc1Br. The average Bonchev–Trinajstić information content (AvgIpc) is 2.38. The maximum atomic E-state index is 13.1. The molecule has 0 aliphatic carbocycles. The Morgan fingerprint density at radius 3 is 2.79 bits per heavy atom. The van der Waals surface area contributed by atoms with Crippen molar-refractivity contribution in [2.75, 3.05) is 7.11 Å². The van der Waals surface area contributed by atoms with E-state index in [-0.39, 0.29) is 18.1 Å². The first-order valence-electron chi connectivity index (χ1n) is 5.75. The van der Waals surface area contributed by atoms with Crippen molar-refractivity contribution in [1.29, 1.82) is 0 Å². The van der Waals surface area contributed by atoms with Crippen LogP contribution in [0.15, 0.2) is 22.7 Å². The highest BCUT2D eigenvalue weighted by molar-refractivity contribution is 9.10. The van der Waals surface area contributed by atoms with Gasteiger partial charge in [0.1, 0.15) is 11.9 Å². The average molecular weight is 332 g/mol. The van der Waals surface area contributed by atoms with Crippen molar-refractivity contribution in [2.24, 2.45) is 0 Å². The van der Waals surface area contributed by atoms with Crippen molar-refractivity contribution in [3.8, 4) is 0 Å². The predicted octanol–water partition coefficient (Wildman–Crippen LogP) is 2.20. The summed E-state index contributed by atoms with van der Waals surface area (Å²) in [6.07, 6.45) is 0.557. The lowest BCUT2D eigenvalue weighted by molar-refractivity contribution is -0.144. The molecule has 1 aromatic rings. The third-order valence-electron chi connectivity index (χ3n) is 2.56. The third kappa shape index (κ3) is 4.98. The van der Waals surface area contributed by atoms with E-state index in [1.807, 2.05) is 0 Å². The van der Waals surface area contributed by atoms with Crippen molar-refractivity contribution in [1.82, 2.24) is 5.32 Å². The number of nitrogens with one attached hydrogen (secondary N) is 1. The molecule has 6 heteroatoms. The minimum atomic E-state index is -0.687. The number of carbonyl (C=O) groups excluding carboxylic acids is 2. The highest BCUT2D eigenvalue weighted by atomic mass is 79.9. The second kappa shape index (κ2) is 7.23. The van der Waals surface area contributed by atoms with Crippen LogP contribution in [0.1, 0.15) is 18.9 Å². The van der Waals surface area contributed by atoms with Crippen LogP contribution >= 0.6 is 15.9 Å². The van der Waals surface area contributed by atoms with E-state index in [1.54, 1.807) is 13.0 Å². The zero-order valence-electron chi connectivity index (χ0n) is 10.7. The molecule has 0 aliphatic heterocycles. The van der Waals surface area contributed by atoms with Gasteiger partial charge in [-0.1, -0.05) is 15.9 Å². The summed E-state index contributed by atoms with van der Waals surface area (Å²) in [6, 6.07) is 3.63. The smallest absolute Gasteiger partial charge is 0.328 e. The molecule has 0 unspecified atom stereocenters. The lowest BCUT2D eigenvalue weighted by Crippen LogP contribution is -2.39. The highest BCUT2D eigenvalue weighted by Gasteiger charge is 2.15. The van der Waals surface area contributed by atoms with Gasteiger partial charge < -0.3 is 10.1 Å². The Morgan fingerprint density at radius 2 is 2.16 bits per heavy atom. The summed E-state index contributed by atoms with van der Waals surface area (Å²) in [6.45, 7) is 1.54. The van der Waals surface area contributed by atoms with E-state index in [4.69, 9.17) is 0 Å². The van der Waals surface area contributed by atoms with E-state index in [2.05, 4.69) is 26.0 Å². The van der Waals surface area contributed by atoms with E-state index < -0.39 is 12.0 Å². The lowest BCUT2D eigenvalue weighted by Gasteiger charge is -2.11. The highest BCUT2D eigenvalue weighted by Crippen LogP contribution is 2.19. The van der Waals surface area contributed by atoms with Gasteiger partial charge in [0.2, 0.25) is 5.91 Å². The summed E-state index contributed by atoms with van der Waals surface area (Å²) in [5.74, 6) is -1.13. The number of esters is 1. The largest absolute Gasteiger partial charge is 0.467 e. The summed E-state index contributed by atoms with van der Waals surface area (Å²) >= 11 is 3.29. The first kappa shape index (κ1) is 15.6. The van der Waals surface area contributed by atoms with Crippen LogP contribution in [-0.2, 0) is 20.7 Å². The maximum absolute atomic E-state index is 13.1. The minimum absolute atomic E-state index is 0.170. The molecular weight excluding hydrogens is 317 g/mol. The third-order valence-corrected chi connectivity index (χ3v) is 3.34. The fourth-order valence-corrected chi connectivity index (χ4v) is 1.98. The molecule has 4 nitrogen and oxygen atoms in total. The topological polar surface area (TPSA) is 55.4 Å². The van der Waals surface area contributed by atoms with Crippen LogP contribution in [0.4, 0.5) is 4.39 Å². The summed E-state index contributed by atoms with van der Waals surface area (Å²) in [4.78, 5) is 22.7. The van der Waals surface area contributed by atoms with Crippen molar-refractivity contribution in [3.63, 3.8) is 0 Å². The van der Waals surface area contributed by atoms with E-state index in [9.17, 15) is 14.0 Å². The summed E-state index contributed by atoms with van der Waals surface area (Å²) in [7, 11) is 1.26. The second-order valence-corrected chi connectivity index (χ2v) is 4.90. The maximum Gasteiger partial charge on any atom is 0.328 e. The zero-order chi connectivity index (χ0) is 14.4. The van der Waals surface area contributed by atoms with Crippen LogP contribution in [0, 0.1) is 5.82 Å². The molecule has 1 N–H and O–H groups in total. The number of aryl methyl sites for hydroxylation is 1. The molecule has 0 radical (unpaired) electrons. The number of amides is 1. The van der Waals surface area contributed by atoms with Gasteiger partial charge in [-0.05, 0) is 37.1 Å². The summed E-state index contributed by atoms with van der Waals surface area (Å²) in [5.41, 5.74) is 0.709. The number of carbonyl (C=O) groups is 2. The molecule has 0 heterocycles. The number of benzene rings is 1.